The predicted molar refractivity (Wildman–Crippen MR) is 130 cm³/mol. The number of nitrogen functional groups attached to an aromatic ring is 1. The number of nitrogens with one attached hydrogen (secondary N) is 2. The summed E-state index contributed by atoms with van der Waals surface area (Å²) in [4.78, 5) is 16.1. The largest absolute Gasteiger partial charge is 0.457 e. The van der Waals surface area contributed by atoms with Crippen LogP contribution in [0.2, 0.25) is 0 Å². The van der Waals surface area contributed by atoms with E-state index in [0.29, 0.717) is 17.2 Å². The lowest BCUT2D eigenvalue weighted by Gasteiger charge is -2.10. The van der Waals surface area contributed by atoms with Gasteiger partial charge in [0.2, 0.25) is 5.91 Å². The number of nitrogens with two attached hydrogens (primary N) is 1. The highest BCUT2D eigenvalue weighted by atomic mass is 16.5. The van der Waals surface area contributed by atoms with E-state index in [9.17, 15) is 4.79 Å². The summed E-state index contributed by atoms with van der Waals surface area (Å²) in [7, 11) is 0. The number of hydrogen-bond acceptors (Lipinski definition) is 5. The lowest BCUT2D eigenvalue weighted by molar-refractivity contribution is -0.114. The van der Waals surface area contributed by atoms with Gasteiger partial charge in [-0.25, -0.2) is 4.98 Å². The third-order valence-electron chi connectivity index (χ3n) is 5.17. The van der Waals surface area contributed by atoms with Crippen LogP contribution in [-0.2, 0) is 4.79 Å². The number of para-hydroxylation sites is 1. The van der Waals surface area contributed by atoms with Crippen molar-refractivity contribution in [1.29, 1.82) is 0 Å². The Balaban J connectivity index is 1.55. The van der Waals surface area contributed by atoms with Crippen LogP contribution in [0.5, 0.6) is 11.5 Å². The molecule has 0 aliphatic heterocycles. The maximum atomic E-state index is 11.5. The summed E-state index contributed by atoms with van der Waals surface area (Å²) in [5.74, 6) is 1.83. The Hall–Kier alpha value is -4.65. The molecule has 5 aromatic rings. The summed E-state index contributed by atoms with van der Waals surface area (Å²) in [6.07, 6.45) is 0. The maximum absolute atomic E-state index is 11.5. The van der Waals surface area contributed by atoms with Gasteiger partial charge in [-0.15, -0.1) is 0 Å². The van der Waals surface area contributed by atoms with E-state index in [0.717, 1.165) is 39.3 Å². The van der Waals surface area contributed by atoms with E-state index in [1.807, 2.05) is 84.9 Å². The SMILES string of the molecule is CC(=O)Nc1cccc(-c2cc(-c3ccc(Oc4ccccc4)cc3)c3c(N)[nH]nc3n2)c1. The lowest BCUT2D eigenvalue weighted by atomic mass is 10.00. The molecule has 3 aromatic carbocycles. The van der Waals surface area contributed by atoms with Crippen LogP contribution in [0.4, 0.5) is 11.5 Å². The second-order valence-electron chi connectivity index (χ2n) is 7.59. The van der Waals surface area contributed by atoms with E-state index in [4.69, 9.17) is 10.5 Å². The van der Waals surface area contributed by atoms with Crippen molar-refractivity contribution in [3.8, 4) is 33.9 Å². The first kappa shape index (κ1) is 20.3. The van der Waals surface area contributed by atoms with Crippen molar-refractivity contribution < 1.29 is 9.53 Å². The van der Waals surface area contributed by atoms with E-state index in [1.54, 1.807) is 0 Å². The predicted octanol–water partition coefficient (Wildman–Crippen LogP) is 5.62. The molecule has 1 amide bonds. The zero-order valence-electron chi connectivity index (χ0n) is 17.9. The van der Waals surface area contributed by atoms with Crippen molar-refractivity contribution in [3.63, 3.8) is 0 Å². The van der Waals surface area contributed by atoms with E-state index in [2.05, 4.69) is 20.5 Å². The number of rotatable bonds is 5. The van der Waals surface area contributed by atoms with Crippen LogP contribution in [0, 0.1) is 0 Å². The number of nitrogens with zero attached hydrogens (tertiary/aromatic N) is 2. The van der Waals surface area contributed by atoms with Crippen molar-refractivity contribution in [2.75, 3.05) is 11.1 Å². The molecule has 0 spiro atoms. The molecule has 5 rings (SSSR count). The highest BCUT2D eigenvalue weighted by Crippen LogP contribution is 2.35. The molecule has 0 saturated heterocycles. The number of aromatic nitrogens is 3. The standard InChI is InChI=1S/C26H21N5O2/c1-16(32)28-19-7-5-6-18(14-19)23-15-22(24-25(27)30-31-26(24)29-23)17-10-12-21(13-11-17)33-20-8-3-2-4-9-20/h2-15H,1H3,(H,28,32)(H3,27,29,30,31). The summed E-state index contributed by atoms with van der Waals surface area (Å²) < 4.78 is 5.91. The summed E-state index contributed by atoms with van der Waals surface area (Å²) in [5.41, 5.74) is 10.8. The Morgan fingerprint density at radius 2 is 1.67 bits per heavy atom. The maximum Gasteiger partial charge on any atom is 0.221 e. The Labute approximate surface area is 190 Å². The fourth-order valence-corrected chi connectivity index (χ4v) is 3.71. The van der Waals surface area contributed by atoms with Gasteiger partial charge in [-0.1, -0.05) is 42.5 Å². The number of carbonyl (C=O) groups is 1. The second kappa shape index (κ2) is 8.47. The zero-order valence-corrected chi connectivity index (χ0v) is 17.9. The van der Waals surface area contributed by atoms with Gasteiger partial charge in [0, 0.05) is 18.2 Å². The number of fused-ring (bicyclic) bond motifs is 1. The number of amides is 1. The average molecular weight is 435 g/mol. The summed E-state index contributed by atoms with van der Waals surface area (Å²) in [6, 6.07) is 26.9. The molecule has 0 bridgehead atoms. The van der Waals surface area contributed by atoms with Gasteiger partial charge in [-0.2, -0.15) is 5.10 Å². The highest BCUT2D eigenvalue weighted by molar-refractivity contribution is 6.01. The van der Waals surface area contributed by atoms with Gasteiger partial charge in [0.25, 0.3) is 0 Å². The van der Waals surface area contributed by atoms with Crippen molar-refractivity contribution in [1.82, 2.24) is 15.2 Å². The molecular formula is C26H21N5O2. The molecule has 0 radical (unpaired) electrons. The smallest absolute Gasteiger partial charge is 0.221 e. The third-order valence-corrected chi connectivity index (χ3v) is 5.17. The molecule has 162 valence electrons. The monoisotopic (exact) mass is 435 g/mol. The first-order chi connectivity index (χ1) is 16.1. The highest BCUT2D eigenvalue weighted by Gasteiger charge is 2.15. The molecule has 0 aliphatic rings. The first-order valence-corrected chi connectivity index (χ1v) is 10.4. The molecule has 7 nitrogen and oxygen atoms in total. The Morgan fingerprint density at radius 1 is 0.909 bits per heavy atom. The molecule has 0 aliphatic carbocycles. The summed E-state index contributed by atoms with van der Waals surface area (Å²) >= 11 is 0. The lowest BCUT2D eigenvalue weighted by Crippen LogP contribution is -2.05. The molecule has 0 unspecified atom stereocenters. The molecule has 0 atom stereocenters. The van der Waals surface area contributed by atoms with Gasteiger partial charge in [0.1, 0.15) is 17.3 Å². The quantitative estimate of drug-likeness (QED) is 0.332. The number of pyridine rings is 1. The van der Waals surface area contributed by atoms with E-state index in [1.165, 1.54) is 6.92 Å². The minimum atomic E-state index is -0.130. The number of H-pyrrole nitrogens is 1. The van der Waals surface area contributed by atoms with E-state index >= 15 is 0 Å². The normalized spacial score (nSPS) is 10.8. The van der Waals surface area contributed by atoms with E-state index in [-0.39, 0.29) is 5.91 Å². The number of aromatic amines is 1. The van der Waals surface area contributed by atoms with Crippen LogP contribution in [0.25, 0.3) is 33.4 Å². The van der Waals surface area contributed by atoms with Crippen molar-refractivity contribution in [2.45, 2.75) is 6.92 Å². The van der Waals surface area contributed by atoms with Crippen molar-refractivity contribution in [3.05, 3.63) is 84.9 Å². The van der Waals surface area contributed by atoms with Crippen molar-refractivity contribution >= 4 is 28.4 Å². The molecule has 7 heteroatoms. The van der Waals surface area contributed by atoms with Crippen LogP contribution in [0.1, 0.15) is 6.92 Å². The number of benzene rings is 3. The minimum absolute atomic E-state index is 0.130. The second-order valence-corrected chi connectivity index (χ2v) is 7.59. The average Bonchev–Trinajstić information content (AvgIpc) is 3.20. The van der Waals surface area contributed by atoms with Crippen LogP contribution in [0.15, 0.2) is 84.9 Å². The number of anilines is 2. The zero-order chi connectivity index (χ0) is 22.8. The minimum Gasteiger partial charge on any atom is -0.457 e. The summed E-state index contributed by atoms with van der Waals surface area (Å²) in [5, 5.41) is 10.7. The van der Waals surface area contributed by atoms with Crippen LogP contribution in [-0.4, -0.2) is 21.1 Å². The third kappa shape index (κ3) is 4.24. The molecule has 0 fully saturated rings. The van der Waals surface area contributed by atoms with E-state index < -0.39 is 0 Å². The molecular weight excluding hydrogens is 414 g/mol. The fourth-order valence-electron chi connectivity index (χ4n) is 3.71. The van der Waals surface area contributed by atoms with Gasteiger partial charge in [-0.05, 0) is 53.6 Å². The van der Waals surface area contributed by atoms with Gasteiger partial charge in [-0.3, -0.25) is 9.89 Å². The summed E-state index contributed by atoms with van der Waals surface area (Å²) in [6.45, 7) is 1.48. The molecule has 2 heterocycles. The fraction of sp³-hybridized carbons (Fsp3) is 0.0385. The van der Waals surface area contributed by atoms with Crippen LogP contribution >= 0.6 is 0 Å². The number of ether oxygens (including phenoxy) is 1. The first-order valence-electron chi connectivity index (χ1n) is 10.4. The van der Waals surface area contributed by atoms with Gasteiger partial charge in [0.15, 0.2) is 5.65 Å². The molecule has 33 heavy (non-hydrogen) atoms. The Bertz CT molecular complexity index is 1440. The molecule has 2 aromatic heterocycles. The van der Waals surface area contributed by atoms with Gasteiger partial charge >= 0.3 is 0 Å². The van der Waals surface area contributed by atoms with Gasteiger partial charge in [0.05, 0.1) is 11.1 Å². The van der Waals surface area contributed by atoms with Crippen LogP contribution < -0.4 is 15.8 Å². The molecule has 0 saturated carbocycles. The van der Waals surface area contributed by atoms with Crippen molar-refractivity contribution in [2.24, 2.45) is 0 Å². The number of carbonyl (C=O) groups excluding carboxylic acids is 1. The van der Waals surface area contributed by atoms with Crippen LogP contribution in [0.3, 0.4) is 0 Å². The number of hydrogen-bond donors (Lipinski definition) is 3. The topological polar surface area (TPSA) is 106 Å². The Morgan fingerprint density at radius 3 is 2.42 bits per heavy atom. The Kier molecular flexibility index (Phi) is 5.20. The molecule has 4 N–H and O–H groups in total. The van der Waals surface area contributed by atoms with Gasteiger partial charge < -0.3 is 15.8 Å².